The van der Waals surface area contributed by atoms with E-state index in [1.165, 1.54) is 50.1 Å². The van der Waals surface area contributed by atoms with Gasteiger partial charge in [-0.3, -0.25) is 0 Å². The molecule has 3 rings (SSSR count). The van der Waals surface area contributed by atoms with Crippen LogP contribution in [0.15, 0.2) is 48.5 Å². The van der Waals surface area contributed by atoms with Gasteiger partial charge in [0.25, 0.3) is 0 Å². The molecule has 0 aromatic heterocycles. The highest BCUT2D eigenvalue weighted by atomic mass is 14.4. The Morgan fingerprint density at radius 1 is 0.442 bits per heavy atom. The van der Waals surface area contributed by atoms with Crippen LogP contribution >= 0.6 is 0 Å². The normalized spacial score (nSPS) is 13.5. The number of rotatable bonds is 12. The van der Waals surface area contributed by atoms with Gasteiger partial charge in [0.1, 0.15) is 0 Å². The van der Waals surface area contributed by atoms with Crippen LogP contribution in [0, 0.1) is 6.07 Å². The minimum Gasteiger partial charge on any atom is -0.0646 e. The summed E-state index contributed by atoms with van der Waals surface area (Å²) in [5.74, 6) is 0. The lowest BCUT2D eigenvalue weighted by molar-refractivity contribution is 0.488. The van der Waals surface area contributed by atoms with Gasteiger partial charge < -0.3 is 0 Å². The molecule has 0 nitrogen and oxygen atoms in total. The molecule has 0 saturated heterocycles. The van der Waals surface area contributed by atoms with Crippen molar-refractivity contribution in [3.63, 3.8) is 0 Å². The lowest BCUT2D eigenvalue weighted by Crippen LogP contribution is -2.23. The van der Waals surface area contributed by atoms with Gasteiger partial charge in [-0.25, -0.2) is 0 Å². The number of hydrogen-bond acceptors (Lipinski definition) is 0. The maximum absolute atomic E-state index is 3.85. The summed E-state index contributed by atoms with van der Waals surface area (Å²) in [4.78, 5) is 0. The van der Waals surface area contributed by atoms with Crippen LogP contribution in [-0.4, -0.2) is 0 Å². The molecule has 1 radical (unpaired) electrons. The van der Waals surface area contributed by atoms with Gasteiger partial charge in [0, 0.05) is 0 Å². The molecular formula is C43H63. The van der Waals surface area contributed by atoms with Gasteiger partial charge in [-0.15, -0.1) is 0 Å². The third-order valence-electron chi connectivity index (χ3n) is 11.7. The molecule has 0 aliphatic carbocycles. The van der Waals surface area contributed by atoms with Crippen LogP contribution in [0.1, 0.15) is 164 Å². The fourth-order valence-electron chi connectivity index (χ4n) is 6.02. The molecule has 0 spiro atoms. The minimum atomic E-state index is 0.0265. The maximum Gasteiger partial charge on any atom is -0.00205 e. The summed E-state index contributed by atoms with van der Waals surface area (Å²) in [6.07, 6.45) is 5.48. The summed E-state index contributed by atoms with van der Waals surface area (Å²) in [5.41, 5.74) is 12.9. The van der Waals surface area contributed by atoms with E-state index in [0.29, 0.717) is 0 Å². The standard InChI is InChI=1S/C43H63/c1-16-39(6,7)30-24-26-32(36(28-30)42(12,13)19-4)33-22-21-23-35(41(10,11)18-3)38(33)34-27-25-31(40(8,9)17-2)29-37(34)43(14,15)20-5/h21,23-29H,16-20H2,1-15H3. The van der Waals surface area contributed by atoms with E-state index in [2.05, 4.69) is 158 Å². The Kier molecular flexibility index (Phi) is 10.3. The lowest BCUT2D eigenvalue weighted by atomic mass is 9.69. The molecule has 0 heterocycles. The Labute approximate surface area is 267 Å². The summed E-state index contributed by atoms with van der Waals surface area (Å²) < 4.78 is 0. The first kappa shape index (κ1) is 35.1. The van der Waals surface area contributed by atoms with E-state index in [4.69, 9.17) is 0 Å². The van der Waals surface area contributed by atoms with E-state index in [9.17, 15) is 0 Å². The van der Waals surface area contributed by atoms with E-state index in [1.54, 1.807) is 0 Å². The number of benzene rings is 3. The monoisotopic (exact) mass is 579 g/mol. The van der Waals surface area contributed by atoms with Crippen molar-refractivity contribution in [3.8, 4) is 22.3 Å². The average Bonchev–Trinajstić information content (AvgIpc) is 2.99. The van der Waals surface area contributed by atoms with Gasteiger partial charge in [0.15, 0.2) is 0 Å². The molecule has 0 fully saturated rings. The Morgan fingerprint density at radius 2 is 0.814 bits per heavy atom. The molecule has 43 heavy (non-hydrogen) atoms. The highest BCUT2D eigenvalue weighted by molar-refractivity contribution is 5.89. The summed E-state index contributed by atoms with van der Waals surface area (Å²) in [6, 6.07) is 23.2. The van der Waals surface area contributed by atoms with Crippen molar-refractivity contribution in [2.45, 2.75) is 163 Å². The molecule has 3 aromatic rings. The molecule has 3 aromatic carbocycles. The van der Waals surface area contributed by atoms with Crippen molar-refractivity contribution in [2.24, 2.45) is 0 Å². The predicted octanol–water partition coefficient (Wildman–Crippen LogP) is 13.3. The summed E-state index contributed by atoms with van der Waals surface area (Å²) in [5, 5.41) is 0. The fraction of sp³-hybridized carbons (Fsp3) is 0.581. The lowest BCUT2D eigenvalue weighted by Gasteiger charge is -2.35. The highest BCUT2D eigenvalue weighted by Crippen LogP contribution is 2.49. The third kappa shape index (κ3) is 6.84. The zero-order valence-electron chi connectivity index (χ0n) is 30.7. The van der Waals surface area contributed by atoms with Gasteiger partial charge in [0.05, 0.1) is 0 Å². The van der Waals surface area contributed by atoms with E-state index < -0.39 is 0 Å². The molecule has 0 unspecified atom stereocenters. The van der Waals surface area contributed by atoms with Crippen LogP contribution in [0.3, 0.4) is 0 Å². The second-order valence-corrected chi connectivity index (χ2v) is 16.3. The zero-order chi connectivity index (χ0) is 32.6. The van der Waals surface area contributed by atoms with Gasteiger partial charge in [-0.1, -0.05) is 152 Å². The van der Waals surface area contributed by atoms with Crippen molar-refractivity contribution < 1.29 is 0 Å². The molecule has 235 valence electrons. The zero-order valence-corrected chi connectivity index (χ0v) is 30.7. The van der Waals surface area contributed by atoms with Gasteiger partial charge in [0.2, 0.25) is 0 Å². The third-order valence-corrected chi connectivity index (χ3v) is 11.7. The molecule has 0 aliphatic heterocycles. The Balaban J connectivity index is 2.58. The molecule has 0 bridgehead atoms. The van der Waals surface area contributed by atoms with E-state index in [-0.39, 0.29) is 27.1 Å². The largest absolute Gasteiger partial charge is 0.0646 e. The topological polar surface area (TPSA) is 0 Å². The first-order valence-corrected chi connectivity index (χ1v) is 17.2. The highest BCUT2D eigenvalue weighted by Gasteiger charge is 2.33. The van der Waals surface area contributed by atoms with Crippen LogP contribution < -0.4 is 0 Å². The van der Waals surface area contributed by atoms with Crippen LogP contribution in [0.4, 0.5) is 0 Å². The Morgan fingerprint density at radius 3 is 1.23 bits per heavy atom. The SMILES string of the molecule is CCC(C)(C)c1ccc(-c2[c]ccc(C(C)(C)CC)c2-c2ccc(C(C)(C)CC)cc2C(C)(C)CC)c(C(C)(C)CC)c1. The van der Waals surface area contributed by atoms with Crippen molar-refractivity contribution in [3.05, 3.63) is 82.4 Å². The second kappa shape index (κ2) is 12.6. The van der Waals surface area contributed by atoms with Gasteiger partial charge >= 0.3 is 0 Å². The first-order valence-electron chi connectivity index (χ1n) is 17.2. The number of hydrogen-bond donors (Lipinski definition) is 0. The molecule has 0 atom stereocenters. The Hall–Kier alpha value is -2.34. The Bertz CT molecular complexity index is 1410. The molecule has 0 saturated carbocycles. The maximum atomic E-state index is 3.85. The van der Waals surface area contributed by atoms with Crippen LogP contribution in [0.2, 0.25) is 0 Å². The van der Waals surface area contributed by atoms with Crippen molar-refractivity contribution in [1.82, 2.24) is 0 Å². The summed E-state index contributed by atoms with van der Waals surface area (Å²) in [7, 11) is 0. The minimum absolute atomic E-state index is 0.0265. The molecular weight excluding hydrogens is 516 g/mol. The smallest absolute Gasteiger partial charge is 0.00205 e. The molecule has 0 aliphatic rings. The van der Waals surface area contributed by atoms with Crippen LogP contribution in [0.5, 0.6) is 0 Å². The van der Waals surface area contributed by atoms with Crippen molar-refractivity contribution in [2.75, 3.05) is 0 Å². The quantitative estimate of drug-likeness (QED) is 0.200. The predicted molar refractivity (Wildman–Crippen MR) is 193 cm³/mol. The summed E-state index contributed by atoms with van der Waals surface area (Å²) >= 11 is 0. The van der Waals surface area contributed by atoms with Gasteiger partial charge in [-0.2, -0.15) is 0 Å². The van der Waals surface area contributed by atoms with Crippen LogP contribution in [-0.2, 0) is 27.1 Å². The van der Waals surface area contributed by atoms with Crippen molar-refractivity contribution >= 4 is 0 Å². The van der Waals surface area contributed by atoms with E-state index >= 15 is 0 Å². The molecule has 0 N–H and O–H groups in total. The van der Waals surface area contributed by atoms with Crippen LogP contribution in [0.25, 0.3) is 22.3 Å². The van der Waals surface area contributed by atoms with Crippen molar-refractivity contribution in [1.29, 1.82) is 0 Å². The summed E-state index contributed by atoms with van der Waals surface area (Å²) in [6.45, 7) is 35.7. The average molecular weight is 580 g/mol. The molecule has 0 amide bonds. The fourth-order valence-corrected chi connectivity index (χ4v) is 6.02. The molecule has 0 heteroatoms. The van der Waals surface area contributed by atoms with Gasteiger partial charge in [-0.05, 0) is 115 Å². The van der Waals surface area contributed by atoms with E-state index in [0.717, 1.165) is 32.1 Å². The second-order valence-electron chi connectivity index (χ2n) is 16.3. The first-order chi connectivity index (χ1) is 19.8. The van der Waals surface area contributed by atoms with E-state index in [1.807, 2.05) is 0 Å².